The van der Waals surface area contributed by atoms with Gasteiger partial charge < -0.3 is 9.80 Å². The number of thiophene rings is 1. The van der Waals surface area contributed by atoms with Gasteiger partial charge in [-0.25, -0.2) is 0 Å². The summed E-state index contributed by atoms with van der Waals surface area (Å²) >= 11 is 1.70. The Morgan fingerprint density at radius 2 is 2.00 bits per heavy atom. The van der Waals surface area contributed by atoms with E-state index in [0.717, 1.165) is 25.8 Å². The summed E-state index contributed by atoms with van der Waals surface area (Å²) in [4.78, 5) is 34.1. The predicted molar refractivity (Wildman–Crippen MR) is 104 cm³/mol. The van der Waals surface area contributed by atoms with Gasteiger partial charge in [0, 0.05) is 49.6 Å². The molecular weight excluding hydrogens is 358 g/mol. The molecule has 6 heteroatoms. The molecule has 0 spiro atoms. The Bertz CT molecular complexity index is 834. The summed E-state index contributed by atoms with van der Waals surface area (Å²) in [5, 5.41) is 4.31. The minimum absolute atomic E-state index is 0.00471. The van der Waals surface area contributed by atoms with Crippen molar-refractivity contribution in [3.63, 3.8) is 0 Å². The van der Waals surface area contributed by atoms with Gasteiger partial charge in [0.05, 0.1) is 0 Å². The maximum Gasteiger partial charge on any atom is 0.272 e. The van der Waals surface area contributed by atoms with Gasteiger partial charge in [-0.2, -0.15) is 11.3 Å². The maximum absolute atomic E-state index is 12.9. The average molecular weight is 382 g/mol. The van der Waals surface area contributed by atoms with Gasteiger partial charge in [0.25, 0.3) is 5.91 Å². The molecule has 2 amide bonds. The topological polar surface area (TPSA) is 53.5 Å². The van der Waals surface area contributed by atoms with E-state index in [-0.39, 0.29) is 17.9 Å². The Morgan fingerprint density at radius 3 is 2.70 bits per heavy atom. The number of carbonyl (C=O) groups excluding carboxylic acids is 2. The number of piperidine rings is 1. The molecule has 0 aromatic carbocycles. The molecule has 0 radical (unpaired) electrons. The van der Waals surface area contributed by atoms with E-state index in [1.54, 1.807) is 23.6 Å². The number of nitrogens with zero attached hydrogens (tertiary/aromatic N) is 3. The molecule has 5 rings (SSSR count). The highest BCUT2D eigenvalue weighted by molar-refractivity contribution is 7.08. The van der Waals surface area contributed by atoms with Gasteiger partial charge in [-0.15, -0.1) is 0 Å². The number of amides is 2. The van der Waals surface area contributed by atoms with E-state index >= 15 is 0 Å². The molecular formula is C21H23N3O2S. The van der Waals surface area contributed by atoms with Crippen molar-refractivity contribution < 1.29 is 9.59 Å². The molecule has 2 aromatic rings. The van der Waals surface area contributed by atoms with E-state index in [2.05, 4.69) is 26.7 Å². The van der Waals surface area contributed by atoms with Gasteiger partial charge in [-0.1, -0.05) is 6.07 Å². The van der Waals surface area contributed by atoms with Gasteiger partial charge in [0.1, 0.15) is 5.69 Å². The van der Waals surface area contributed by atoms with Crippen LogP contribution in [0, 0.1) is 11.8 Å². The van der Waals surface area contributed by atoms with Crippen molar-refractivity contribution in [3.8, 4) is 0 Å². The molecule has 1 aliphatic carbocycles. The minimum Gasteiger partial charge on any atom is -0.338 e. The molecule has 3 fully saturated rings. The summed E-state index contributed by atoms with van der Waals surface area (Å²) in [6.07, 6.45) is 4.61. The van der Waals surface area contributed by atoms with Crippen LogP contribution in [0.25, 0.3) is 0 Å². The van der Waals surface area contributed by atoms with Crippen LogP contribution in [-0.2, 0) is 4.79 Å². The Hall–Kier alpha value is -2.21. The molecule has 5 nitrogen and oxygen atoms in total. The number of fused-ring (bicyclic) bond motifs is 1. The van der Waals surface area contributed by atoms with Crippen LogP contribution in [0.4, 0.5) is 0 Å². The van der Waals surface area contributed by atoms with E-state index in [4.69, 9.17) is 0 Å². The number of aromatic nitrogens is 1. The Kier molecular flexibility index (Phi) is 4.23. The maximum atomic E-state index is 12.9. The third kappa shape index (κ3) is 3.06. The van der Waals surface area contributed by atoms with Crippen molar-refractivity contribution in [1.29, 1.82) is 0 Å². The number of likely N-dealkylation sites (tertiary alicyclic amines) is 2. The second-order valence-electron chi connectivity index (χ2n) is 7.91. The number of rotatable bonds is 3. The summed E-state index contributed by atoms with van der Waals surface area (Å²) in [7, 11) is 0. The van der Waals surface area contributed by atoms with Crippen LogP contribution in [0.1, 0.15) is 41.2 Å². The molecule has 4 heterocycles. The molecule has 0 bridgehead atoms. The van der Waals surface area contributed by atoms with Crippen molar-refractivity contribution >= 4 is 23.2 Å². The first kappa shape index (κ1) is 16.9. The fourth-order valence-electron chi connectivity index (χ4n) is 4.73. The van der Waals surface area contributed by atoms with Gasteiger partial charge in [-0.05, 0) is 53.8 Å². The highest BCUT2D eigenvalue weighted by atomic mass is 32.1. The second-order valence-corrected chi connectivity index (χ2v) is 8.69. The average Bonchev–Trinajstić information content (AvgIpc) is 3.29. The molecule has 2 saturated heterocycles. The summed E-state index contributed by atoms with van der Waals surface area (Å²) in [6, 6.07) is 7.90. The summed E-state index contributed by atoms with van der Waals surface area (Å²) in [5.74, 6) is 1.23. The summed E-state index contributed by atoms with van der Waals surface area (Å²) in [6.45, 7) is 2.20. The van der Waals surface area contributed by atoms with E-state index in [0.29, 0.717) is 36.5 Å². The highest BCUT2D eigenvalue weighted by Gasteiger charge is 2.50. The first-order valence-corrected chi connectivity index (χ1v) is 10.7. The lowest BCUT2D eigenvalue weighted by Crippen LogP contribution is -2.50. The van der Waals surface area contributed by atoms with Crippen LogP contribution in [0.3, 0.4) is 0 Å². The van der Waals surface area contributed by atoms with Crippen molar-refractivity contribution in [2.24, 2.45) is 11.8 Å². The molecule has 140 valence electrons. The number of pyridine rings is 1. The minimum atomic E-state index is 0.00471. The highest BCUT2D eigenvalue weighted by Crippen LogP contribution is 2.44. The van der Waals surface area contributed by atoms with Gasteiger partial charge in [0.15, 0.2) is 0 Å². The van der Waals surface area contributed by atoms with Crippen LogP contribution < -0.4 is 0 Å². The smallest absolute Gasteiger partial charge is 0.272 e. The van der Waals surface area contributed by atoms with Crippen molar-refractivity contribution in [2.75, 3.05) is 19.6 Å². The third-order valence-electron chi connectivity index (χ3n) is 6.28. The fraction of sp³-hybridized carbons (Fsp3) is 0.476. The van der Waals surface area contributed by atoms with E-state index < -0.39 is 0 Å². The Labute approximate surface area is 163 Å². The predicted octanol–water partition coefficient (Wildman–Crippen LogP) is 3.01. The molecule has 2 aliphatic heterocycles. The van der Waals surface area contributed by atoms with Crippen molar-refractivity contribution in [1.82, 2.24) is 14.8 Å². The lowest BCUT2D eigenvalue weighted by Gasteiger charge is -2.38. The first-order chi connectivity index (χ1) is 13.2. The number of carbonyl (C=O) groups is 2. The van der Waals surface area contributed by atoms with E-state index in [1.807, 2.05) is 17.0 Å². The first-order valence-electron chi connectivity index (χ1n) is 9.75. The molecule has 0 unspecified atom stereocenters. The molecule has 2 aromatic heterocycles. The monoisotopic (exact) mass is 381 g/mol. The zero-order valence-electron chi connectivity index (χ0n) is 15.2. The van der Waals surface area contributed by atoms with E-state index in [9.17, 15) is 9.59 Å². The lowest BCUT2D eigenvalue weighted by atomic mass is 9.82. The molecule has 3 atom stereocenters. The molecule has 0 N–H and O–H groups in total. The zero-order valence-corrected chi connectivity index (χ0v) is 16.0. The van der Waals surface area contributed by atoms with Gasteiger partial charge in [-0.3, -0.25) is 14.6 Å². The quantitative estimate of drug-likeness (QED) is 0.821. The van der Waals surface area contributed by atoms with Gasteiger partial charge >= 0.3 is 0 Å². The standard InChI is InChI=1S/C21H23N3O2S/c25-20(14-4-5-14)24-12-16(15-7-10-27-13-15)17-11-23(9-6-19(17)24)21(26)18-3-1-2-8-22-18/h1-3,7-8,10,13-14,16-17,19H,4-6,9,11-12H2/t16-,17-,19-/m0/s1. The van der Waals surface area contributed by atoms with Crippen LogP contribution in [0.5, 0.6) is 0 Å². The Balaban J connectivity index is 1.40. The van der Waals surface area contributed by atoms with Crippen LogP contribution in [0.15, 0.2) is 41.2 Å². The van der Waals surface area contributed by atoms with Gasteiger partial charge in [0.2, 0.25) is 5.91 Å². The van der Waals surface area contributed by atoms with Crippen molar-refractivity contribution in [3.05, 3.63) is 52.5 Å². The molecule has 27 heavy (non-hydrogen) atoms. The Morgan fingerprint density at radius 1 is 1.11 bits per heavy atom. The number of hydrogen-bond acceptors (Lipinski definition) is 4. The van der Waals surface area contributed by atoms with Crippen LogP contribution in [0.2, 0.25) is 0 Å². The molecule has 1 saturated carbocycles. The third-order valence-corrected chi connectivity index (χ3v) is 6.98. The lowest BCUT2D eigenvalue weighted by molar-refractivity contribution is -0.134. The number of hydrogen-bond donors (Lipinski definition) is 0. The fourth-order valence-corrected chi connectivity index (χ4v) is 5.45. The summed E-state index contributed by atoms with van der Waals surface area (Å²) < 4.78 is 0. The van der Waals surface area contributed by atoms with Crippen LogP contribution in [-0.4, -0.2) is 52.3 Å². The largest absolute Gasteiger partial charge is 0.338 e. The van der Waals surface area contributed by atoms with Crippen molar-refractivity contribution in [2.45, 2.75) is 31.2 Å². The summed E-state index contributed by atoms with van der Waals surface area (Å²) in [5.41, 5.74) is 1.82. The molecule has 3 aliphatic rings. The SMILES string of the molecule is O=C(c1ccccn1)N1CC[C@H]2[C@@H](C1)[C@H](c1ccsc1)CN2C(=O)C1CC1. The normalized spacial score (nSPS) is 27.5. The second kappa shape index (κ2) is 6.75. The van der Waals surface area contributed by atoms with Crippen LogP contribution >= 0.6 is 11.3 Å². The zero-order chi connectivity index (χ0) is 18.4. The van der Waals surface area contributed by atoms with E-state index in [1.165, 1.54) is 5.56 Å².